The molecule has 4 rings (SSSR count). The SMILES string of the molecule is CCn1c(=O)cc(SCC(=O)NC2CCN(Cc3ccccc3)CC2)c2ccccc21. The number of aromatic nitrogens is 1. The van der Waals surface area contributed by atoms with Crippen molar-refractivity contribution in [2.45, 2.75) is 43.8 Å². The van der Waals surface area contributed by atoms with E-state index in [0.29, 0.717) is 12.3 Å². The first-order valence-corrected chi connectivity index (χ1v) is 11.9. The van der Waals surface area contributed by atoms with E-state index >= 15 is 0 Å². The second-order valence-electron chi connectivity index (χ2n) is 8.00. The summed E-state index contributed by atoms with van der Waals surface area (Å²) in [5.41, 5.74) is 2.24. The Labute approximate surface area is 187 Å². The molecule has 1 amide bonds. The molecule has 0 aliphatic carbocycles. The van der Waals surface area contributed by atoms with Gasteiger partial charge in [-0.25, -0.2) is 0 Å². The fraction of sp³-hybridized carbons (Fsp3) is 0.360. The molecule has 0 saturated carbocycles. The zero-order valence-corrected chi connectivity index (χ0v) is 18.7. The van der Waals surface area contributed by atoms with Crippen molar-refractivity contribution in [3.8, 4) is 0 Å². The van der Waals surface area contributed by atoms with Crippen molar-refractivity contribution in [2.75, 3.05) is 18.8 Å². The molecular formula is C25H29N3O2S. The molecule has 3 aromatic rings. The Morgan fingerprint density at radius 1 is 1.06 bits per heavy atom. The van der Waals surface area contributed by atoms with Gasteiger partial charge in [-0.1, -0.05) is 48.5 Å². The number of rotatable bonds is 7. The molecule has 1 saturated heterocycles. The predicted molar refractivity (Wildman–Crippen MR) is 127 cm³/mol. The summed E-state index contributed by atoms with van der Waals surface area (Å²) < 4.78 is 1.77. The third-order valence-electron chi connectivity index (χ3n) is 5.86. The predicted octanol–water partition coefficient (Wildman–Crippen LogP) is 3.89. The molecule has 1 aromatic heterocycles. The quantitative estimate of drug-likeness (QED) is 0.572. The highest BCUT2D eigenvalue weighted by molar-refractivity contribution is 8.00. The van der Waals surface area contributed by atoms with Gasteiger partial charge in [-0.05, 0) is 31.4 Å². The third-order valence-corrected chi connectivity index (χ3v) is 6.91. The number of benzene rings is 2. The van der Waals surface area contributed by atoms with Crippen LogP contribution < -0.4 is 10.9 Å². The van der Waals surface area contributed by atoms with E-state index in [0.717, 1.165) is 48.3 Å². The van der Waals surface area contributed by atoms with E-state index in [1.54, 1.807) is 10.6 Å². The number of aryl methyl sites for hydroxylation is 1. The average Bonchev–Trinajstić information content (AvgIpc) is 2.79. The van der Waals surface area contributed by atoms with Crippen LogP contribution in [0.25, 0.3) is 10.9 Å². The first-order valence-electron chi connectivity index (χ1n) is 10.9. The number of nitrogens with one attached hydrogen (secondary N) is 1. The van der Waals surface area contributed by atoms with Crippen LogP contribution >= 0.6 is 11.8 Å². The van der Waals surface area contributed by atoms with Gasteiger partial charge in [0.05, 0.1) is 11.3 Å². The van der Waals surface area contributed by atoms with Gasteiger partial charge < -0.3 is 9.88 Å². The van der Waals surface area contributed by atoms with E-state index in [1.807, 2.05) is 37.3 Å². The molecule has 5 nitrogen and oxygen atoms in total. The topological polar surface area (TPSA) is 54.3 Å². The molecule has 0 atom stereocenters. The van der Waals surface area contributed by atoms with Crippen molar-refractivity contribution in [1.82, 2.24) is 14.8 Å². The summed E-state index contributed by atoms with van der Waals surface area (Å²) in [7, 11) is 0. The van der Waals surface area contributed by atoms with Gasteiger partial charge in [0.15, 0.2) is 0 Å². The number of pyridine rings is 1. The summed E-state index contributed by atoms with van der Waals surface area (Å²) in [6.07, 6.45) is 1.94. The maximum absolute atomic E-state index is 12.6. The van der Waals surface area contributed by atoms with Gasteiger partial charge in [-0.3, -0.25) is 14.5 Å². The summed E-state index contributed by atoms with van der Waals surface area (Å²) in [4.78, 5) is 28.3. The van der Waals surface area contributed by atoms with Crippen LogP contribution in [0.3, 0.4) is 0 Å². The Morgan fingerprint density at radius 2 is 1.77 bits per heavy atom. The van der Waals surface area contributed by atoms with Crippen molar-refractivity contribution >= 4 is 28.6 Å². The van der Waals surface area contributed by atoms with Gasteiger partial charge in [0.25, 0.3) is 5.56 Å². The Bertz CT molecular complexity index is 1090. The van der Waals surface area contributed by atoms with Crippen molar-refractivity contribution < 1.29 is 4.79 Å². The zero-order chi connectivity index (χ0) is 21.6. The summed E-state index contributed by atoms with van der Waals surface area (Å²) in [6.45, 7) is 5.56. The standard InChI is InChI=1S/C25H29N3O2S/c1-2-28-22-11-7-6-10-21(22)23(16-25(28)30)31-18-24(29)26-20-12-14-27(15-13-20)17-19-8-4-3-5-9-19/h3-11,16,20H,2,12-15,17-18H2,1H3,(H,26,29). The van der Waals surface area contributed by atoms with Crippen LogP contribution in [0.2, 0.25) is 0 Å². The maximum Gasteiger partial charge on any atom is 0.252 e. The van der Waals surface area contributed by atoms with Crippen molar-refractivity contribution in [3.63, 3.8) is 0 Å². The molecule has 1 aliphatic rings. The highest BCUT2D eigenvalue weighted by atomic mass is 32.2. The number of carbonyl (C=O) groups is 1. The molecule has 0 bridgehead atoms. The second kappa shape index (κ2) is 10.2. The lowest BCUT2D eigenvalue weighted by atomic mass is 10.0. The molecule has 1 fully saturated rings. The lowest BCUT2D eigenvalue weighted by molar-refractivity contribution is -0.119. The largest absolute Gasteiger partial charge is 0.353 e. The van der Waals surface area contributed by atoms with Crippen molar-refractivity contribution in [2.24, 2.45) is 0 Å². The van der Waals surface area contributed by atoms with Gasteiger partial charge in [0, 0.05) is 48.6 Å². The molecule has 6 heteroatoms. The van der Waals surface area contributed by atoms with Crippen LogP contribution in [0.4, 0.5) is 0 Å². The lowest BCUT2D eigenvalue weighted by Crippen LogP contribution is -2.44. The molecule has 0 spiro atoms. The van der Waals surface area contributed by atoms with Crippen LogP contribution in [0.15, 0.2) is 70.4 Å². The number of piperidine rings is 1. The van der Waals surface area contributed by atoms with E-state index in [1.165, 1.54) is 17.3 Å². The van der Waals surface area contributed by atoms with Gasteiger partial charge >= 0.3 is 0 Å². The first-order chi connectivity index (χ1) is 15.1. The summed E-state index contributed by atoms with van der Waals surface area (Å²) in [5.74, 6) is 0.360. The first kappa shape index (κ1) is 21.7. The molecule has 2 heterocycles. The van der Waals surface area contributed by atoms with Crippen LogP contribution in [-0.2, 0) is 17.9 Å². The van der Waals surface area contributed by atoms with E-state index < -0.39 is 0 Å². The highest BCUT2D eigenvalue weighted by Crippen LogP contribution is 2.26. The molecule has 162 valence electrons. The fourth-order valence-electron chi connectivity index (χ4n) is 4.24. The van der Waals surface area contributed by atoms with Crippen LogP contribution in [0, 0.1) is 0 Å². The van der Waals surface area contributed by atoms with Gasteiger partial charge in [-0.15, -0.1) is 11.8 Å². The summed E-state index contributed by atoms with van der Waals surface area (Å²) in [6, 6.07) is 20.3. The normalized spacial score (nSPS) is 15.3. The number of para-hydroxylation sites is 1. The zero-order valence-electron chi connectivity index (χ0n) is 17.9. The second-order valence-corrected chi connectivity index (χ2v) is 9.02. The van der Waals surface area contributed by atoms with Crippen LogP contribution in [0.5, 0.6) is 0 Å². The minimum absolute atomic E-state index is 0.0186. The Kier molecular flexibility index (Phi) is 7.10. The summed E-state index contributed by atoms with van der Waals surface area (Å²) >= 11 is 1.45. The van der Waals surface area contributed by atoms with Crippen LogP contribution in [-0.4, -0.2) is 40.3 Å². The number of carbonyl (C=O) groups excluding carboxylic acids is 1. The number of likely N-dealkylation sites (tertiary alicyclic amines) is 1. The van der Waals surface area contributed by atoms with E-state index in [-0.39, 0.29) is 17.5 Å². The number of hydrogen-bond donors (Lipinski definition) is 1. The fourth-order valence-corrected chi connectivity index (χ4v) is 5.12. The molecule has 1 N–H and O–H groups in total. The molecule has 2 aromatic carbocycles. The smallest absolute Gasteiger partial charge is 0.252 e. The Morgan fingerprint density at radius 3 is 2.52 bits per heavy atom. The van der Waals surface area contributed by atoms with Gasteiger partial charge in [0.2, 0.25) is 5.91 Å². The minimum Gasteiger partial charge on any atom is -0.353 e. The monoisotopic (exact) mass is 435 g/mol. The minimum atomic E-state index is -0.0186. The van der Waals surface area contributed by atoms with Gasteiger partial charge in [-0.2, -0.15) is 0 Å². The number of hydrogen-bond acceptors (Lipinski definition) is 4. The van der Waals surface area contributed by atoms with Crippen molar-refractivity contribution in [1.29, 1.82) is 0 Å². The highest BCUT2D eigenvalue weighted by Gasteiger charge is 2.21. The van der Waals surface area contributed by atoms with Crippen LogP contribution in [0.1, 0.15) is 25.3 Å². The molecule has 0 unspecified atom stereocenters. The maximum atomic E-state index is 12.6. The Hall–Kier alpha value is -2.57. The number of fused-ring (bicyclic) bond motifs is 1. The van der Waals surface area contributed by atoms with E-state index in [9.17, 15) is 9.59 Å². The van der Waals surface area contributed by atoms with E-state index in [2.05, 4.69) is 34.5 Å². The number of thioether (sulfide) groups is 1. The average molecular weight is 436 g/mol. The molecule has 1 aliphatic heterocycles. The Balaban J connectivity index is 1.30. The lowest BCUT2D eigenvalue weighted by Gasteiger charge is -2.32. The van der Waals surface area contributed by atoms with Gasteiger partial charge in [0.1, 0.15) is 0 Å². The summed E-state index contributed by atoms with van der Waals surface area (Å²) in [5, 5.41) is 4.21. The number of nitrogens with zero attached hydrogens (tertiary/aromatic N) is 2. The number of amides is 1. The van der Waals surface area contributed by atoms with Crippen molar-refractivity contribution in [3.05, 3.63) is 76.6 Å². The third kappa shape index (κ3) is 5.38. The molecule has 31 heavy (non-hydrogen) atoms. The molecular weight excluding hydrogens is 406 g/mol. The van der Waals surface area contributed by atoms with E-state index in [4.69, 9.17) is 0 Å². The molecule has 0 radical (unpaired) electrons.